The van der Waals surface area contributed by atoms with Crippen molar-refractivity contribution in [3.63, 3.8) is 0 Å². The second-order valence-corrected chi connectivity index (χ2v) is 6.78. The number of aromatic nitrogens is 1. The van der Waals surface area contributed by atoms with Crippen molar-refractivity contribution >= 4 is 26.8 Å². The van der Waals surface area contributed by atoms with Crippen LogP contribution < -0.4 is 0 Å². The summed E-state index contributed by atoms with van der Waals surface area (Å²) in [6.07, 6.45) is 3.81. The molecule has 0 bridgehead atoms. The molecule has 3 rings (SSSR count). The van der Waals surface area contributed by atoms with E-state index < -0.39 is 0 Å². The summed E-state index contributed by atoms with van der Waals surface area (Å²) in [5.41, 5.74) is 5.96. The van der Waals surface area contributed by atoms with E-state index in [2.05, 4.69) is 53.8 Å². The summed E-state index contributed by atoms with van der Waals surface area (Å²) in [7, 11) is 0. The normalized spacial score (nSPS) is 18.4. The Morgan fingerprint density at radius 1 is 1.29 bits per heavy atom. The van der Waals surface area contributed by atoms with E-state index in [9.17, 15) is 0 Å². The minimum absolute atomic E-state index is 0.297. The molecule has 0 atom stereocenters. The van der Waals surface area contributed by atoms with Crippen molar-refractivity contribution in [2.75, 3.05) is 0 Å². The molecule has 0 amide bonds. The van der Waals surface area contributed by atoms with E-state index in [4.69, 9.17) is 0 Å². The van der Waals surface area contributed by atoms with Gasteiger partial charge in [-0.2, -0.15) is 0 Å². The van der Waals surface area contributed by atoms with Crippen molar-refractivity contribution in [3.05, 3.63) is 33.4 Å². The zero-order valence-corrected chi connectivity index (χ0v) is 12.2. The first kappa shape index (κ1) is 11.3. The van der Waals surface area contributed by atoms with Crippen LogP contribution in [0.3, 0.4) is 0 Å². The van der Waals surface area contributed by atoms with Crippen LogP contribution in [0.2, 0.25) is 0 Å². The molecule has 1 heterocycles. The van der Waals surface area contributed by atoms with E-state index in [1.807, 2.05) is 0 Å². The Kier molecular flexibility index (Phi) is 2.41. The molecule has 2 aromatic rings. The van der Waals surface area contributed by atoms with Crippen molar-refractivity contribution in [1.29, 1.82) is 0 Å². The number of benzene rings is 1. The molecule has 0 fully saturated rings. The molecule has 1 aliphatic rings. The number of hydrogen-bond acceptors (Lipinski definition) is 0. The molecule has 1 N–H and O–H groups in total. The molecule has 0 saturated carbocycles. The van der Waals surface area contributed by atoms with Crippen LogP contribution in [0.1, 0.15) is 43.5 Å². The fourth-order valence-corrected chi connectivity index (χ4v) is 3.72. The second-order valence-electron chi connectivity index (χ2n) is 5.86. The molecular weight excluding hydrogens is 274 g/mol. The molecule has 1 aromatic heterocycles. The number of hydrogen-bond donors (Lipinski definition) is 1. The van der Waals surface area contributed by atoms with Gasteiger partial charge in [0.05, 0.1) is 0 Å². The zero-order chi connectivity index (χ0) is 12.2. The third-order valence-electron chi connectivity index (χ3n) is 4.08. The van der Waals surface area contributed by atoms with Gasteiger partial charge in [0.1, 0.15) is 0 Å². The van der Waals surface area contributed by atoms with Crippen LogP contribution in [0.15, 0.2) is 16.6 Å². The Morgan fingerprint density at radius 2 is 2.06 bits per heavy atom. The topological polar surface area (TPSA) is 15.8 Å². The van der Waals surface area contributed by atoms with Crippen LogP contribution in [0.25, 0.3) is 10.9 Å². The second kappa shape index (κ2) is 3.61. The Balaban J connectivity index is 2.38. The molecule has 0 radical (unpaired) electrons. The van der Waals surface area contributed by atoms with E-state index in [0.717, 1.165) is 0 Å². The van der Waals surface area contributed by atoms with Crippen LogP contribution in [0, 0.1) is 6.92 Å². The van der Waals surface area contributed by atoms with E-state index in [0.29, 0.717) is 5.41 Å². The largest absolute Gasteiger partial charge is 0.357 e. The monoisotopic (exact) mass is 291 g/mol. The van der Waals surface area contributed by atoms with Gasteiger partial charge in [0.2, 0.25) is 0 Å². The number of H-pyrrole nitrogens is 1. The molecule has 1 aromatic carbocycles. The van der Waals surface area contributed by atoms with Gasteiger partial charge in [-0.3, -0.25) is 0 Å². The summed E-state index contributed by atoms with van der Waals surface area (Å²) in [5, 5.41) is 1.42. The number of aromatic amines is 1. The highest BCUT2D eigenvalue weighted by atomic mass is 79.9. The predicted octanol–water partition coefficient (Wildman–Crippen LogP) is 4.85. The average molecular weight is 292 g/mol. The van der Waals surface area contributed by atoms with Gasteiger partial charge in [0.15, 0.2) is 0 Å². The number of halogens is 1. The molecule has 0 saturated heterocycles. The maximum absolute atomic E-state index is 3.68. The molecule has 90 valence electrons. The Bertz CT molecular complexity index is 592. The van der Waals surface area contributed by atoms with Gasteiger partial charge in [-0.05, 0) is 49.4 Å². The maximum atomic E-state index is 3.68. The van der Waals surface area contributed by atoms with Crippen molar-refractivity contribution in [2.24, 2.45) is 0 Å². The highest BCUT2D eigenvalue weighted by Gasteiger charge is 2.30. The summed E-state index contributed by atoms with van der Waals surface area (Å²) in [6.45, 7) is 6.89. The van der Waals surface area contributed by atoms with E-state index in [1.54, 1.807) is 5.56 Å². The first-order chi connectivity index (χ1) is 7.99. The van der Waals surface area contributed by atoms with Crippen molar-refractivity contribution in [1.82, 2.24) is 4.98 Å². The third kappa shape index (κ3) is 1.65. The highest BCUT2D eigenvalue weighted by Crippen LogP contribution is 2.41. The number of rotatable bonds is 0. The fourth-order valence-electron chi connectivity index (χ4n) is 3.15. The fraction of sp³-hybridized carbons (Fsp3) is 0.467. The highest BCUT2D eigenvalue weighted by molar-refractivity contribution is 9.10. The Hall–Kier alpha value is -0.760. The first-order valence-electron chi connectivity index (χ1n) is 6.30. The summed E-state index contributed by atoms with van der Waals surface area (Å²) >= 11 is 3.61. The molecule has 1 aliphatic carbocycles. The summed E-state index contributed by atoms with van der Waals surface area (Å²) in [5.74, 6) is 0. The molecule has 1 nitrogen and oxygen atoms in total. The van der Waals surface area contributed by atoms with Crippen molar-refractivity contribution < 1.29 is 0 Å². The van der Waals surface area contributed by atoms with Gasteiger partial charge in [0.25, 0.3) is 0 Å². The van der Waals surface area contributed by atoms with Gasteiger partial charge >= 0.3 is 0 Å². The van der Waals surface area contributed by atoms with Crippen LogP contribution in [0.5, 0.6) is 0 Å². The summed E-state index contributed by atoms with van der Waals surface area (Å²) in [4.78, 5) is 3.68. The minimum Gasteiger partial charge on any atom is -0.357 e. The first-order valence-corrected chi connectivity index (χ1v) is 7.09. The van der Waals surface area contributed by atoms with E-state index >= 15 is 0 Å². The molecule has 17 heavy (non-hydrogen) atoms. The van der Waals surface area contributed by atoms with Gasteiger partial charge in [-0.25, -0.2) is 0 Å². The lowest BCUT2D eigenvalue weighted by Gasteiger charge is -2.29. The molecule has 0 unspecified atom stereocenters. The third-order valence-corrected chi connectivity index (χ3v) is 4.54. The van der Waals surface area contributed by atoms with E-state index in [1.165, 1.54) is 45.9 Å². The Labute approximate surface area is 111 Å². The average Bonchev–Trinajstić information content (AvgIpc) is 2.58. The smallest absolute Gasteiger partial charge is 0.0489 e. The maximum Gasteiger partial charge on any atom is 0.0489 e. The minimum atomic E-state index is 0.297. The lowest BCUT2D eigenvalue weighted by atomic mass is 9.76. The quantitative estimate of drug-likeness (QED) is 0.714. The summed E-state index contributed by atoms with van der Waals surface area (Å²) < 4.78 is 1.19. The zero-order valence-electron chi connectivity index (χ0n) is 10.7. The number of aryl methyl sites for hydroxylation is 2. The number of fused-ring (bicyclic) bond motifs is 3. The van der Waals surface area contributed by atoms with Crippen molar-refractivity contribution in [2.45, 2.75) is 45.4 Å². The molecular formula is C15H18BrN. The lowest BCUT2D eigenvalue weighted by molar-refractivity contribution is 0.423. The van der Waals surface area contributed by atoms with Crippen molar-refractivity contribution in [3.8, 4) is 0 Å². The van der Waals surface area contributed by atoms with Crippen LogP contribution >= 0.6 is 15.9 Å². The lowest BCUT2D eigenvalue weighted by Crippen LogP contribution is -2.23. The van der Waals surface area contributed by atoms with E-state index in [-0.39, 0.29) is 0 Å². The van der Waals surface area contributed by atoms with Crippen LogP contribution in [-0.4, -0.2) is 4.98 Å². The predicted molar refractivity (Wildman–Crippen MR) is 76.7 cm³/mol. The van der Waals surface area contributed by atoms with Gasteiger partial charge in [0, 0.05) is 26.5 Å². The molecule has 0 aliphatic heterocycles. The van der Waals surface area contributed by atoms with Crippen LogP contribution in [0.4, 0.5) is 0 Å². The summed E-state index contributed by atoms with van der Waals surface area (Å²) in [6, 6.07) is 4.45. The van der Waals surface area contributed by atoms with Gasteiger partial charge in [-0.1, -0.05) is 29.8 Å². The van der Waals surface area contributed by atoms with Crippen LogP contribution in [-0.2, 0) is 11.8 Å². The molecule has 0 spiro atoms. The standard InChI is InChI=1S/C15H18BrN/c1-9-7-10(16)8-12-11-5-4-6-15(2,3)14(11)17-13(9)12/h7-8,17H,4-6H2,1-3H3. The number of nitrogens with one attached hydrogen (secondary N) is 1. The van der Waals surface area contributed by atoms with Gasteiger partial charge in [-0.15, -0.1) is 0 Å². The SMILES string of the molecule is Cc1cc(Br)cc2c3c([nH]c12)C(C)(C)CCC3. The molecule has 2 heteroatoms. The Morgan fingerprint density at radius 3 is 2.82 bits per heavy atom. The van der Waals surface area contributed by atoms with Gasteiger partial charge < -0.3 is 4.98 Å².